The van der Waals surface area contributed by atoms with Gasteiger partial charge in [0.25, 0.3) is 0 Å². The zero-order valence-electron chi connectivity index (χ0n) is 13.6. The first-order valence-electron chi connectivity index (χ1n) is 7.39. The lowest BCUT2D eigenvalue weighted by atomic mass is 9.96. The van der Waals surface area contributed by atoms with Crippen LogP contribution in [0.15, 0.2) is 24.3 Å². The van der Waals surface area contributed by atoms with Gasteiger partial charge in [0.15, 0.2) is 0 Å². The van der Waals surface area contributed by atoms with E-state index in [4.69, 9.17) is 14.2 Å². The van der Waals surface area contributed by atoms with E-state index in [1.807, 2.05) is 0 Å². The lowest BCUT2D eigenvalue weighted by Crippen LogP contribution is -2.09. The summed E-state index contributed by atoms with van der Waals surface area (Å²) in [6.45, 7) is 0. The van der Waals surface area contributed by atoms with E-state index in [0.29, 0.717) is 22.8 Å². The van der Waals surface area contributed by atoms with Crippen molar-refractivity contribution in [3.63, 3.8) is 0 Å². The third kappa shape index (κ3) is 2.27. The number of methoxy groups -OCH3 is 3. The van der Waals surface area contributed by atoms with E-state index in [0.717, 1.165) is 0 Å². The van der Waals surface area contributed by atoms with Gasteiger partial charge in [0.05, 0.1) is 38.6 Å². The molecule has 1 aliphatic rings. The number of hydrogen-bond acceptors (Lipinski definition) is 6. The smallest absolute Gasteiger partial charge is 0.201 e. The predicted molar refractivity (Wildman–Crippen MR) is 86.3 cm³/mol. The summed E-state index contributed by atoms with van der Waals surface area (Å²) in [6.07, 6.45) is -0.901. The van der Waals surface area contributed by atoms with E-state index in [2.05, 4.69) is 0 Å². The van der Waals surface area contributed by atoms with Crippen LogP contribution in [-0.2, 0) is 6.42 Å². The maximum absolute atomic E-state index is 13.1. The van der Waals surface area contributed by atoms with E-state index in [-0.39, 0.29) is 28.9 Å². The second-order valence-electron chi connectivity index (χ2n) is 5.45. The topological polar surface area (TPSA) is 85.2 Å². The molecule has 126 valence electrons. The average molecular weight is 330 g/mol. The minimum absolute atomic E-state index is 0.0205. The molecule has 0 saturated heterocycles. The van der Waals surface area contributed by atoms with Gasteiger partial charge in [-0.15, -0.1) is 0 Å². The summed E-state index contributed by atoms with van der Waals surface area (Å²) >= 11 is 0. The number of aliphatic hydroxyl groups is 1. The Hall–Kier alpha value is -2.73. The highest BCUT2D eigenvalue weighted by molar-refractivity contribution is 6.15. The number of carbonyl (C=O) groups is 1. The van der Waals surface area contributed by atoms with Crippen molar-refractivity contribution in [1.82, 2.24) is 0 Å². The number of aromatic hydroxyl groups is 1. The molecule has 0 spiro atoms. The first kappa shape index (κ1) is 16.1. The van der Waals surface area contributed by atoms with Crippen LogP contribution in [0.4, 0.5) is 0 Å². The number of benzene rings is 2. The van der Waals surface area contributed by atoms with Crippen molar-refractivity contribution < 1.29 is 29.2 Å². The van der Waals surface area contributed by atoms with Crippen molar-refractivity contribution >= 4 is 5.78 Å². The molecule has 6 heteroatoms. The molecule has 0 aromatic heterocycles. The molecule has 24 heavy (non-hydrogen) atoms. The Morgan fingerprint density at radius 2 is 1.50 bits per heavy atom. The van der Waals surface area contributed by atoms with Gasteiger partial charge in [-0.3, -0.25) is 4.79 Å². The van der Waals surface area contributed by atoms with Crippen LogP contribution in [0.5, 0.6) is 23.0 Å². The molecule has 0 radical (unpaired) electrons. The molecule has 2 aromatic rings. The van der Waals surface area contributed by atoms with E-state index < -0.39 is 11.9 Å². The highest BCUT2D eigenvalue weighted by atomic mass is 16.5. The minimum Gasteiger partial charge on any atom is -0.507 e. The van der Waals surface area contributed by atoms with Gasteiger partial charge in [-0.05, 0) is 24.3 Å². The number of ketones is 1. The summed E-state index contributed by atoms with van der Waals surface area (Å²) in [5.74, 6) is 0.521. The summed E-state index contributed by atoms with van der Waals surface area (Å²) in [5, 5.41) is 20.9. The van der Waals surface area contributed by atoms with Crippen molar-refractivity contribution in [2.45, 2.75) is 12.5 Å². The lowest BCUT2D eigenvalue weighted by molar-refractivity contribution is 0.102. The van der Waals surface area contributed by atoms with Gasteiger partial charge in [-0.25, -0.2) is 0 Å². The van der Waals surface area contributed by atoms with E-state index >= 15 is 0 Å². The van der Waals surface area contributed by atoms with Gasteiger partial charge >= 0.3 is 0 Å². The third-order valence-electron chi connectivity index (χ3n) is 4.26. The van der Waals surface area contributed by atoms with Crippen LogP contribution in [0.3, 0.4) is 0 Å². The number of rotatable bonds is 3. The molecule has 0 fully saturated rings. The molecular formula is C18H18O6. The number of phenols is 1. The number of fused-ring (bicyclic) bond motifs is 2. The van der Waals surface area contributed by atoms with Crippen molar-refractivity contribution in [2.24, 2.45) is 0 Å². The number of carbonyl (C=O) groups excluding carboxylic acids is 1. The second-order valence-corrected chi connectivity index (χ2v) is 5.45. The third-order valence-corrected chi connectivity index (χ3v) is 4.26. The van der Waals surface area contributed by atoms with Crippen molar-refractivity contribution in [2.75, 3.05) is 21.3 Å². The molecule has 0 amide bonds. The summed E-state index contributed by atoms with van der Waals surface area (Å²) in [7, 11) is 4.40. The van der Waals surface area contributed by atoms with Crippen LogP contribution in [0, 0.1) is 0 Å². The number of aliphatic hydroxyl groups excluding tert-OH is 1. The molecule has 0 heterocycles. The molecule has 1 atom stereocenters. The van der Waals surface area contributed by atoms with Crippen molar-refractivity contribution in [3.05, 3.63) is 46.5 Å². The Morgan fingerprint density at radius 1 is 0.917 bits per heavy atom. The maximum atomic E-state index is 13.1. The molecular weight excluding hydrogens is 312 g/mol. The molecule has 0 bridgehead atoms. The maximum Gasteiger partial charge on any atom is 0.201 e. The molecule has 1 aliphatic carbocycles. The minimum atomic E-state index is -1.03. The molecule has 2 aromatic carbocycles. The highest BCUT2D eigenvalue weighted by Crippen LogP contribution is 2.44. The molecule has 1 unspecified atom stereocenters. The van der Waals surface area contributed by atoms with Gasteiger partial charge in [-0.2, -0.15) is 0 Å². The van der Waals surface area contributed by atoms with Crippen LogP contribution in [0.1, 0.15) is 33.2 Å². The molecule has 0 aliphatic heterocycles. The lowest BCUT2D eigenvalue weighted by Gasteiger charge is -2.16. The second kappa shape index (κ2) is 6.05. The zero-order chi connectivity index (χ0) is 17.4. The van der Waals surface area contributed by atoms with Crippen molar-refractivity contribution in [3.8, 4) is 23.0 Å². The first-order valence-corrected chi connectivity index (χ1v) is 7.39. The van der Waals surface area contributed by atoms with Gasteiger partial charge in [0, 0.05) is 17.5 Å². The molecule has 6 nitrogen and oxygen atoms in total. The highest BCUT2D eigenvalue weighted by Gasteiger charge is 2.35. The largest absolute Gasteiger partial charge is 0.507 e. The quantitative estimate of drug-likeness (QED) is 0.898. The number of hydrogen-bond donors (Lipinski definition) is 2. The zero-order valence-corrected chi connectivity index (χ0v) is 13.6. The van der Waals surface area contributed by atoms with Gasteiger partial charge in [0.1, 0.15) is 23.0 Å². The Balaban J connectivity index is 2.37. The molecule has 3 rings (SSSR count). The molecule has 0 saturated carbocycles. The Kier molecular flexibility index (Phi) is 4.07. The summed E-state index contributed by atoms with van der Waals surface area (Å²) in [4.78, 5) is 13.1. The average Bonchev–Trinajstić information content (AvgIpc) is 2.71. The van der Waals surface area contributed by atoms with Crippen LogP contribution in [0.2, 0.25) is 0 Å². The SMILES string of the molecule is COc1ccc(OC)c2c1CC(O)c1c(OC)ccc(O)c1C2=O. The van der Waals surface area contributed by atoms with E-state index in [1.54, 1.807) is 12.1 Å². The number of phenolic OH excluding ortho intramolecular Hbond substituents is 1. The summed E-state index contributed by atoms with van der Waals surface area (Å²) in [6, 6.07) is 6.21. The Labute approximate surface area is 139 Å². The summed E-state index contributed by atoms with van der Waals surface area (Å²) in [5.41, 5.74) is 1.10. The van der Waals surface area contributed by atoms with E-state index in [1.165, 1.54) is 33.5 Å². The fraction of sp³-hybridized carbons (Fsp3) is 0.278. The van der Waals surface area contributed by atoms with Gasteiger partial charge < -0.3 is 24.4 Å². The van der Waals surface area contributed by atoms with Crippen molar-refractivity contribution in [1.29, 1.82) is 0 Å². The normalized spacial score (nSPS) is 16.0. The van der Waals surface area contributed by atoms with Crippen LogP contribution < -0.4 is 14.2 Å². The standard InChI is InChI=1S/C18H18O6/c1-22-12-6-7-13(23-2)15-9(12)8-11(20)16-14(24-3)5-4-10(19)17(16)18(15)21/h4-7,11,19-20H,8H2,1-3H3. The van der Waals surface area contributed by atoms with Gasteiger partial charge in [0.2, 0.25) is 5.78 Å². The predicted octanol–water partition coefficient (Wildman–Crippen LogP) is 2.24. The van der Waals surface area contributed by atoms with Crippen LogP contribution >= 0.6 is 0 Å². The Morgan fingerprint density at radius 3 is 2.12 bits per heavy atom. The number of ether oxygens (including phenoxy) is 3. The fourth-order valence-electron chi connectivity index (χ4n) is 3.18. The monoisotopic (exact) mass is 330 g/mol. The summed E-state index contributed by atoms with van der Waals surface area (Å²) < 4.78 is 15.9. The van der Waals surface area contributed by atoms with Crippen LogP contribution in [-0.4, -0.2) is 37.3 Å². The fourth-order valence-corrected chi connectivity index (χ4v) is 3.18. The van der Waals surface area contributed by atoms with E-state index in [9.17, 15) is 15.0 Å². The Bertz CT molecular complexity index is 812. The first-order chi connectivity index (χ1) is 11.5. The van der Waals surface area contributed by atoms with Gasteiger partial charge in [-0.1, -0.05) is 0 Å². The molecule has 2 N–H and O–H groups in total. The van der Waals surface area contributed by atoms with Crippen LogP contribution in [0.25, 0.3) is 0 Å².